The summed E-state index contributed by atoms with van der Waals surface area (Å²) in [6.45, 7) is 6.26. The zero-order valence-corrected chi connectivity index (χ0v) is 16.1. The number of pyridine rings is 1. The van der Waals surface area contributed by atoms with Crippen LogP contribution < -0.4 is 5.73 Å². The standard InChI is InChI=1S/C17H14ClN5O2.C2H6/c1-2-25-17(24)13-9-23(22-15(13)6-19)8-10-3-11-5-12(18)7-21-16(11)14(20)4-10;1-2/h3-5,7,9H,2,8,20H2,1H3;1-2H3. The first kappa shape index (κ1) is 20.2. The quantitative estimate of drug-likeness (QED) is 0.540. The van der Waals surface area contributed by atoms with E-state index in [1.807, 2.05) is 26.0 Å². The maximum atomic E-state index is 11.9. The number of nitrogens with two attached hydrogens (primary N) is 1. The molecular formula is C19H20ClN5O2. The Morgan fingerprint density at radius 1 is 1.37 bits per heavy atom. The monoisotopic (exact) mass is 385 g/mol. The zero-order chi connectivity index (χ0) is 20.0. The highest BCUT2D eigenvalue weighted by molar-refractivity contribution is 6.31. The van der Waals surface area contributed by atoms with Gasteiger partial charge in [-0.1, -0.05) is 25.4 Å². The molecule has 2 aromatic heterocycles. The molecule has 27 heavy (non-hydrogen) atoms. The van der Waals surface area contributed by atoms with Crippen LogP contribution in [0.15, 0.2) is 30.6 Å². The van der Waals surface area contributed by atoms with Gasteiger partial charge in [-0.3, -0.25) is 9.67 Å². The van der Waals surface area contributed by atoms with E-state index in [0.717, 1.165) is 10.9 Å². The van der Waals surface area contributed by atoms with E-state index < -0.39 is 5.97 Å². The molecule has 0 atom stereocenters. The van der Waals surface area contributed by atoms with Crippen LogP contribution in [0, 0.1) is 11.3 Å². The van der Waals surface area contributed by atoms with Gasteiger partial charge in [0.15, 0.2) is 5.69 Å². The van der Waals surface area contributed by atoms with Gasteiger partial charge in [0.2, 0.25) is 0 Å². The largest absolute Gasteiger partial charge is 0.462 e. The van der Waals surface area contributed by atoms with Crippen LogP contribution in [-0.2, 0) is 11.3 Å². The first-order valence-corrected chi connectivity index (χ1v) is 8.88. The third-order valence-electron chi connectivity index (χ3n) is 3.55. The minimum Gasteiger partial charge on any atom is -0.462 e. The molecule has 0 unspecified atom stereocenters. The highest BCUT2D eigenvalue weighted by atomic mass is 35.5. The number of rotatable bonds is 4. The van der Waals surface area contributed by atoms with Gasteiger partial charge in [-0.15, -0.1) is 0 Å². The van der Waals surface area contributed by atoms with Gasteiger partial charge in [-0.2, -0.15) is 10.4 Å². The molecule has 140 valence electrons. The Morgan fingerprint density at radius 2 is 2.11 bits per heavy atom. The second-order valence-electron chi connectivity index (χ2n) is 5.33. The molecule has 0 saturated carbocycles. The maximum absolute atomic E-state index is 11.9. The van der Waals surface area contributed by atoms with E-state index in [1.54, 1.807) is 19.1 Å². The van der Waals surface area contributed by atoms with Gasteiger partial charge in [0.05, 0.1) is 29.4 Å². The van der Waals surface area contributed by atoms with Gasteiger partial charge in [-0.05, 0) is 30.7 Å². The highest BCUT2D eigenvalue weighted by Gasteiger charge is 2.17. The number of nitrogens with zero attached hydrogens (tertiary/aromatic N) is 4. The number of benzene rings is 1. The number of halogens is 1. The minimum atomic E-state index is -0.570. The molecule has 3 aromatic rings. The summed E-state index contributed by atoms with van der Waals surface area (Å²) < 4.78 is 6.44. The fourth-order valence-electron chi connectivity index (χ4n) is 2.54. The smallest absolute Gasteiger partial charge is 0.342 e. The molecule has 8 heteroatoms. The van der Waals surface area contributed by atoms with Crippen LogP contribution in [0.4, 0.5) is 5.69 Å². The lowest BCUT2D eigenvalue weighted by molar-refractivity contribution is 0.0526. The Labute approximate surface area is 162 Å². The average molecular weight is 386 g/mol. The van der Waals surface area contributed by atoms with Crippen molar-refractivity contribution in [1.82, 2.24) is 14.8 Å². The van der Waals surface area contributed by atoms with E-state index >= 15 is 0 Å². The van der Waals surface area contributed by atoms with Crippen molar-refractivity contribution in [2.24, 2.45) is 0 Å². The highest BCUT2D eigenvalue weighted by Crippen LogP contribution is 2.24. The molecule has 0 bridgehead atoms. The summed E-state index contributed by atoms with van der Waals surface area (Å²) in [4.78, 5) is 16.1. The molecule has 2 heterocycles. The molecule has 3 rings (SSSR count). The predicted octanol–water partition coefficient (Wildman–Crippen LogP) is 3.79. The molecule has 0 spiro atoms. The lowest BCUT2D eigenvalue weighted by Gasteiger charge is -2.07. The number of esters is 1. The van der Waals surface area contributed by atoms with Gasteiger partial charge >= 0.3 is 5.97 Å². The molecule has 1 aromatic carbocycles. The van der Waals surface area contributed by atoms with Crippen LogP contribution in [0.2, 0.25) is 5.02 Å². The Morgan fingerprint density at radius 3 is 2.78 bits per heavy atom. The molecule has 0 saturated heterocycles. The second kappa shape index (κ2) is 9.01. The van der Waals surface area contributed by atoms with Gasteiger partial charge < -0.3 is 10.5 Å². The summed E-state index contributed by atoms with van der Waals surface area (Å²) in [7, 11) is 0. The average Bonchev–Trinajstić information content (AvgIpc) is 3.06. The van der Waals surface area contributed by atoms with E-state index in [9.17, 15) is 4.79 Å². The molecule has 2 N–H and O–H groups in total. The third kappa shape index (κ3) is 4.54. The van der Waals surface area contributed by atoms with Crippen molar-refractivity contribution >= 4 is 34.2 Å². The fourth-order valence-corrected chi connectivity index (χ4v) is 2.70. The molecule has 7 nitrogen and oxygen atoms in total. The van der Waals surface area contributed by atoms with Crippen LogP contribution in [0.5, 0.6) is 0 Å². The molecule has 0 aliphatic carbocycles. The third-order valence-corrected chi connectivity index (χ3v) is 3.75. The number of carbonyl (C=O) groups excluding carboxylic acids is 1. The number of nitriles is 1. The molecule has 0 fully saturated rings. The summed E-state index contributed by atoms with van der Waals surface area (Å²) in [5.74, 6) is -0.570. The van der Waals surface area contributed by atoms with E-state index in [0.29, 0.717) is 22.8 Å². The molecule has 0 amide bonds. The number of hydrogen-bond donors (Lipinski definition) is 1. The minimum absolute atomic E-state index is 0.0249. The number of nitrogen functional groups attached to an aromatic ring is 1. The van der Waals surface area contributed by atoms with Crippen molar-refractivity contribution in [1.29, 1.82) is 5.26 Å². The molecule has 0 aliphatic heterocycles. The van der Waals surface area contributed by atoms with Crippen LogP contribution in [-0.4, -0.2) is 27.3 Å². The van der Waals surface area contributed by atoms with Crippen molar-refractivity contribution < 1.29 is 9.53 Å². The Bertz CT molecular complexity index is 1010. The molecular weight excluding hydrogens is 366 g/mol. The van der Waals surface area contributed by atoms with Gasteiger partial charge in [0.25, 0.3) is 0 Å². The number of aromatic nitrogens is 3. The SMILES string of the molecule is CC.CCOC(=O)c1cn(Cc2cc(N)c3ncc(Cl)cc3c2)nc1C#N. The van der Waals surface area contributed by atoms with E-state index in [-0.39, 0.29) is 17.9 Å². The van der Waals surface area contributed by atoms with Crippen LogP contribution in [0.1, 0.15) is 42.4 Å². The second-order valence-corrected chi connectivity index (χ2v) is 5.77. The van der Waals surface area contributed by atoms with E-state index in [4.69, 9.17) is 27.3 Å². The van der Waals surface area contributed by atoms with E-state index in [2.05, 4.69) is 10.1 Å². The summed E-state index contributed by atoms with van der Waals surface area (Å²) >= 11 is 5.98. The summed E-state index contributed by atoms with van der Waals surface area (Å²) in [5, 5.41) is 14.6. The van der Waals surface area contributed by atoms with Crippen LogP contribution in [0.25, 0.3) is 10.9 Å². The summed E-state index contributed by atoms with van der Waals surface area (Å²) in [6, 6.07) is 7.35. The number of fused-ring (bicyclic) bond motifs is 1. The van der Waals surface area contributed by atoms with Crippen molar-refractivity contribution in [3.05, 3.63) is 52.4 Å². The predicted molar refractivity (Wildman–Crippen MR) is 105 cm³/mol. The topological polar surface area (TPSA) is 107 Å². The molecule has 0 aliphatic rings. The van der Waals surface area contributed by atoms with Crippen LogP contribution >= 0.6 is 11.6 Å². The first-order valence-electron chi connectivity index (χ1n) is 8.50. The van der Waals surface area contributed by atoms with Crippen LogP contribution in [0.3, 0.4) is 0 Å². The summed E-state index contributed by atoms with van der Waals surface area (Å²) in [5.41, 5.74) is 8.24. The Hall–Kier alpha value is -3.11. The van der Waals surface area contributed by atoms with Crippen molar-refractivity contribution in [2.45, 2.75) is 27.3 Å². The number of hydrogen-bond acceptors (Lipinski definition) is 6. The Balaban J connectivity index is 0.00000126. The van der Waals surface area contributed by atoms with E-state index in [1.165, 1.54) is 17.1 Å². The van der Waals surface area contributed by atoms with Gasteiger partial charge in [0.1, 0.15) is 11.6 Å². The fraction of sp³-hybridized carbons (Fsp3) is 0.263. The van der Waals surface area contributed by atoms with Crippen molar-refractivity contribution in [2.75, 3.05) is 12.3 Å². The van der Waals surface area contributed by atoms with Crippen molar-refractivity contribution in [3.8, 4) is 6.07 Å². The van der Waals surface area contributed by atoms with Crippen molar-refractivity contribution in [3.63, 3.8) is 0 Å². The normalized spacial score (nSPS) is 10.0. The zero-order valence-electron chi connectivity index (χ0n) is 15.4. The maximum Gasteiger partial charge on any atom is 0.342 e. The van der Waals surface area contributed by atoms with Gasteiger partial charge in [-0.25, -0.2) is 4.79 Å². The molecule has 0 radical (unpaired) electrons. The van der Waals surface area contributed by atoms with Gasteiger partial charge in [0, 0.05) is 17.8 Å². The number of ether oxygens (including phenoxy) is 1. The Kier molecular flexibility index (Phi) is 6.74. The summed E-state index contributed by atoms with van der Waals surface area (Å²) in [6.07, 6.45) is 3.03. The lowest BCUT2D eigenvalue weighted by Crippen LogP contribution is -2.05. The lowest BCUT2D eigenvalue weighted by atomic mass is 10.1. The first-order chi connectivity index (χ1) is 13.0. The number of carbonyl (C=O) groups is 1. The number of anilines is 1.